The van der Waals surface area contributed by atoms with E-state index in [-0.39, 0.29) is 5.91 Å². The van der Waals surface area contributed by atoms with Gasteiger partial charge in [0.05, 0.1) is 8.66 Å². The van der Waals surface area contributed by atoms with Crippen LogP contribution < -0.4 is 5.32 Å². The first-order valence-corrected chi connectivity index (χ1v) is 7.03. The zero-order valence-corrected chi connectivity index (χ0v) is 11.6. The number of rotatable bonds is 2. The molecule has 3 nitrogen and oxygen atoms in total. The molecule has 1 fully saturated rings. The molecule has 1 N–H and O–H groups in total. The van der Waals surface area contributed by atoms with Gasteiger partial charge in [-0.25, -0.2) is 0 Å². The highest BCUT2D eigenvalue weighted by molar-refractivity contribution is 9.11. The van der Waals surface area contributed by atoms with Crippen molar-refractivity contribution in [2.24, 2.45) is 0 Å². The number of nitrogens with zero attached hydrogens (tertiary/aromatic N) is 1. The fraction of sp³-hybridized carbons (Fsp3) is 0.545. The van der Waals surface area contributed by atoms with Crippen molar-refractivity contribution in [1.82, 2.24) is 10.2 Å². The average Bonchev–Trinajstić information content (AvgIpc) is 2.75. The van der Waals surface area contributed by atoms with E-state index >= 15 is 0 Å². The first-order valence-electron chi connectivity index (χ1n) is 5.42. The van der Waals surface area contributed by atoms with E-state index in [1.165, 1.54) is 11.3 Å². The van der Waals surface area contributed by atoms with Crippen molar-refractivity contribution in [1.29, 1.82) is 0 Å². The van der Waals surface area contributed by atoms with Gasteiger partial charge in [0, 0.05) is 19.1 Å². The molecule has 1 atom stereocenters. The SMILES string of the molecule is CNC1CCCN(C(=O)c2ccc(Br)s2)C1. The monoisotopic (exact) mass is 302 g/mol. The van der Waals surface area contributed by atoms with E-state index in [0.717, 1.165) is 34.6 Å². The molecular formula is C11H15BrN2OS. The van der Waals surface area contributed by atoms with Crippen LogP contribution in [0.4, 0.5) is 0 Å². The molecule has 1 amide bonds. The van der Waals surface area contributed by atoms with Crippen molar-refractivity contribution in [3.8, 4) is 0 Å². The number of thiophene rings is 1. The Morgan fingerprint density at radius 1 is 1.62 bits per heavy atom. The van der Waals surface area contributed by atoms with Gasteiger partial charge in [0.25, 0.3) is 5.91 Å². The molecule has 0 saturated carbocycles. The minimum atomic E-state index is 0.163. The molecule has 5 heteroatoms. The Bertz CT molecular complexity index is 380. The van der Waals surface area contributed by atoms with Crippen LogP contribution in [0.2, 0.25) is 0 Å². The maximum Gasteiger partial charge on any atom is 0.264 e. The lowest BCUT2D eigenvalue weighted by Gasteiger charge is -2.32. The Balaban J connectivity index is 2.04. The van der Waals surface area contributed by atoms with Gasteiger partial charge in [0.1, 0.15) is 0 Å². The third kappa shape index (κ3) is 2.64. The van der Waals surface area contributed by atoms with E-state index in [4.69, 9.17) is 0 Å². The van der Waals surface area contributed by atoms with Crippen molar-refractivity contribution in [2.45, 2.75) is 18.9 Å². The van der Waals surface area contributed by atoms with E-state index in [1.807, 2.05) is 24.1 Å². The molecule has 1 aliphatic rings. The molecule has 88 valence electrons. The lowest BCUT2D eigenvalue weighted by atomic mass is 10.1. The standard InChI is InChI=1S/C11H15BrN2OS/c1-13-8-3-2-6-14(7-8)11(15)9-4-5-10(12)16-9/h4-5,8,13H,2-3,6-7H2,1H3. The minimum Gasteiger partial charge on any atom is -0.336 e. The summed E-state index contributed by atoms with van der Waals surface area (Å²) in [5.74, 6) is 0.163. The van der Waals surface area contributed by atoms with E-state index in [1.54, 1.807) is 0 Å². The molecule has 1 aliphatic heterocycles. The number of piperidine rings is 1. The van der Waals surface area contributed by atoms with Crippen molar-refractivity contribution in [3.63, 3.8) is 0 Å². The summed E-state index contributed by atoms with van der Waals surface area (Å²) in [5.41, 5.74) is 0. The van der Waals surface area contributed by atoms with Crippen molar-refractivity contribution >= 4 is 33.2 Å². The largest absolute Gasteiger partial charge is 0.336 e. The van der Waals surface area contributed by atoms with Gasteiger partial charge in [0.2, 0.25) is 0 Å². The highest BCUT2D eigenvalue weighted by Gasteiger charge is 2.24. The Morgan fingerprint density at radius 2 is 2.44 bits per heavy atom. The lowest BCUT2D eigenvalue weighted by molar-refractivity contribution is 0.0703. The van der Waals surface area contributed by atoms with Crippen molar-refractivity contribution in [2.75, 3.05) is 20.1 Å². The summed E-state index contributed by atoms with van der Waals surface area (Å²) in [7, 11) is 1.96. The quantitative estimate of drug-likeness (QED) is 0.909. The third-order valence-electron chi connectivity index (χ3n) is 2.90. The van der Waals surface area contributed by atoms with Crippen LogP contribution in [0.15, 0.2) is 15.9 Å². The molecule has 2 heterocycles. The minimum absolute atomic E-state index is 0.163. The summed E-state index contributed by atoms with van der Waals surface area (Å²) < 4.78 is 1.01. The van der Waals surface area contributed by atoms with Gasteiger partial charge in [-0.1, -0.05) is 0 Å². The van der Waals surface area contributed by atoms with Crippen LogP contribution in [-0.2, 0) is 0 Å². The van der Waals surface area contributed by atoms with Gasteiger partial charge in [0.15, 0.2) is 0 Å². The summed E-state index contributed by atoms with van der Waals surface area (Å²) in [6.07, 6.45) is 2.25. The number of nitrogens with one attached hydrogen (secondary N) is 1. The van der Waals surface area contributed by atoms with Gasteiger partial charge < -0.3 is 10.2 Å². The highest BCUT2D eigenvalue weighted by Crippen LogP contribution is 2.24. The Labute approximate surface area is 108 Å². The Hall–Kier alpha value is -0.390. The van der Waals surface area contributed by atoms with Gasteiger partial charge in [-0.2, -0.15) is 0 Å². The summed E-state index contributed by atoms with van der Waals surface area (Å²) in [6, 6.07) is 4.26. The van der Waals surface area contributed by atoms with Gasteiger partial charge in [-0.3, -0.25) is 4.79 Å². The highest BCUT2D eigenvalue weighted by atomic mass is 79.9. The fourth-order valence-corrected chi connectivity index (χ4v) is 3.34. The number of halogens is 1. The van der Waals surface area contributed by atoms with Crippen LogP contribution in [0.3, 0.4) is 0 Å². The topological polar surface area (TPSA) is 32.3 Å². The molecule has 0 spiro atoms. The van der Waals surface area contributed by atoms with Crippen molar-refractivity contribution in [3.05, 3.63) is 20.8 Å². The predicted octanol–water partition coefficient (Wildman–Crippen LogP) is 2.33. The summed E-state index contributed by atoms with van der Waals surface area (Å²) >= 11 is 4.89. The van der Waals surface area contributed by atoms with Crippen LogP contribution in [0.5, 0.6) is 0 Å². The molecular weight excluding hydrogens is 288 g/mol. The van der Waals surface area contributed by atoms with E-state index in [0.29, 0.717) is 6.04 Å². The zero-order chi connectivity index (χ0) is 11.5. The van der Waals surface area contributed by atoms with Crippen LogP contribution in [0, 0.1) is 0 Å². The number of hydrogen-bond donors (Lipinski definition) is 1. The van der Waals surface area contributed by atoms with E-state index in [9.17, 15) is 4.79 Å². The molecule has 2 rings (SSSR count). The summed E-state index contributed by atoms with van der Waals surface area (Å²) in [4.78, 5) is 14.9. The Kier molecular flexibility index (Phi) is 4.00. The lowest BCUT2D eigenvalue weighted by Crippen LogP contribution is -2.46. The summed E-state index contributed by atoms with van der Waals surface area (Å²) in [6.45, 7) is 1.71. The molecule has 1 unspecified atom stereocenters. The summed E-state index contributed by atoms with van der Waals surface area (Å²) in [5, 5.41) is 3.25. The van der Waals surface area contributed by atoms with Crippen LogP contribution in [0.25, 0.3) is 0 Å². The molecule has 1 aromatic heterocycles. The first-order chi connectivity index (χ1) is 7.70. The van der Waals surface area contributed by atoms with E-state index < -0.39 is 0 Å². The maximum absolute atomic E-state index is 12.2. The molecule has 1 saturated heterocycles. The first kappa shape index (κ1) is 12.1. The van der Waals surface area contributed by atoms with Gasteiger partial charge in [-0.15, -0.1) is 11.3 Å². The zero-order valence-electron chi connectivity index (χ0n) is 9.20. The van der Waals surface area contributed by atoms with Crippen LogP contribution in [-0.4, -0.2) is 37.0 Å². The average molecular weight is 303 g/mol. The number of carbonyl (C=O) groups is 1. The van der Waals surface area contributed by atoms with Crippen molar-refractivity contribution < 1.29 is 4.79 Å². The molecule has 16 heavy (non-hydrogen) atoms. The second-order valence-corrected chi connectivity index (χ2v) is 6.45. The smallest absolute Gasteiger partial charge is 0.264 e. The second kappa shape index (κ2) is 5.29. The van der Waals surface area contributed by atoms with Crippen LogP contribution in [0.1, 0.15) is 22.5 Å². The molecule has 0 radical (unpaired) electrons. The van der Waals surface area contributed by atoms with Gasteiger partial charge in [-0.05, 0) is 48.0 Å². The predicted molar refractivity (Wildman–Crippen MR) is 70.0 cm³/mol. The maximum atomic E-state index is 12.2. The molecule has 0 aromatic carbocycles. The number of hydrogen-bond acceptors (Lipinski definition) is 3. The van der Waals surface area contributed by atoms with E-state index in [2.05, 4.69) is 21.2 Å². The number of carbonyl (C=O) groups excluding carboxylic acids is 1. The third-order valence-corrected chi connectivity index (χ3v) is 4.51. The number of likely N-dealkylation sites (N-methyl/N-ethyl adjacent to an activating group) is 1. The molecule has 0 aliphatic carbocycles. The Morgan fingerprint density at radius 3 is 3.06 bits per heavy atom. The number of amides is 1. The second-order valence-electron chi connectivity index (χ2n) is 3.98. The fourth-order valence-electron chi connectivity index (χ4n) is 1.98. The molecule has 0 bridgehead atoms. The molecule has 1 aromatic rings. The normalized spacial score (nSPS) is 21.1. The van der Waals surface area contributed by atoms with Crippen LogP contribution >= 0.6 is 27.3 Å². The van der Waals surface area contributed by atoms with Gasteiger partial charge >= 0.3 is 0 Å². The number of likely N-dealkylation sites (tertiary alicyclic amines) is 1.